The predicted molar refractivity (Wildman–Crippen MR) is 109 cm³/mol. The Morgan fingerprint density at radius 3 is 2.33 bits per heavy atom. The van der Waals surface area contributed by atoms with Crippen LogP contribution < -0.4 is 4.74 Å². The van der Waals surface area contributed by atoms with E-state index in [2.05, 4.69) is 0 Å². The van der Waals surface area contributed by atoms with Crippen LogP contribution in [0.5, 0.6) is 5.75 Å². The minimum atomic E-state index is -0.905. The summed E-state index contributed by atoms with van der Waals surface area (Å²) < 4.78 is 15.2. The molecule has 2 aromatic carbocycles. The van der Waals surface area contributed by atoms with Crippen molar-refractivity contribution in [2.75, 3.05) is 27.9 Å². The molecule has 0 bridgehead atoms. The van der Waals surface area contributed by atoms with E-state index in [1.165, 1.54) is 19.1 Å². The van der Waals surface area contributed by atoms with E-state index >= 15 is 0 Å². The molecule has 7 nitrogen and oxygen atoms in total. The summed E-state index contributed by atoms with van der Waals surface area (Å²) in [6.45, 7) is 0.266. The second-order valence-corrected chi connectivity index (χ2v) is 7.12. The zero-order valence-electron chi connectivity index (χ0n) is 17.2. The SMILES string of the molecule is COC(=O)C[C@H]1[C@@H](c2cccc(OC)c2)CN(C(=O)c2ccccc2)[C@@H]1C(=O)OC. The van der Waals surface area contributed by atoms with E-state index in [-0.39, 0.29) is 24.8 Å². The Kier molecular flexibility index (Phi) is 6.72. The van der Waals surface area contributed by atoms with Crippen LogP contribution in [0, 0.1) is 5.92 Å². The van der Waals surface area contributed by atoms with Gasteiger partial charge in [-0.05, 0) is 29.8 Å². The minimum Gasteiger partial charge on any atom is -0.497 e. The number of amides is 1. The number of benzene rings is 2. The van der Waals surface area contributed by atoms with Crippen LogP contribution in [0.2, 0.25) is 0 Å². The van der Waals surface area contributed by atoms with E-state index < -0.39 is 23.9 Å². The first kappa shape index (κ1) is 21.4. The lowest BCUT2D eigenvalue weighted by Crippen LogP contribution is -2.44. The van der Waals surface area contributed by atoms with Gasteiger partial charge in [0.15, 0.2) is 0 Å². The third-order valence-corrected chi connectivity index (χ3v) is 5.53. The Morgan fingerprint density at radius 1 is 0.967 bits per heavy atom. The molecule has 1 fully saturated rings. The second-order valence-electron chi connectivity index (χ2n) is 7.12. The molecule has 0 unspecified atom stereocenters. The fraction of sp³-hybridized carbons (Fsp3) is 0.348. The number of ether oxygens (including phenoxy) is 3. The maximum Gasteiger partial charge on any atom is 0.328 e. The molecule has 1 aliphatic heterocycles. The van der Waals surface area contributed by atoms with Crippen LogP contribution in [0.1, 0.15) is 28.3 Å². The van der Waals surface area contributed by atoms with Gasteiger partial charge in [-0.15, -0.1) is 0 Å². The van der Waals surface area contributed by atoms with Gasteiger partial charge in [-0.1, -0.05) is 30.3 Å². The Bertz CT molecular complexity index is 913. The fourth-order valence-corrected chi connectivity index (χ4v) is 4.05. The highest BCUT2D eigenvalue weighted by atomic mass is 16.5. The zero-order chi connectivity index (χ0) is 21.7. The summed E-state index contributed by atoms with van der Waals surface area (Å²) in [5.74, 6) is -1.40. The summed E-state index contributed by atoms with van der Waals surface area (Å²) in [6, 6.07) is 15.3. The van der Waals surface area contributed by atoms with Crippen LogP contribution in [-0.4, -0.2) is 56.7 Å². The molecule has 0 spiro atoms. The molecule has 1 aliphatic rings. The molecule has 0 aromatic heterocycles. The van der Waals surface area contributed by atoms with Crippen molar-refractivity contribution in [3.8, 4) is 5.75 Å². The highest BCUT2D eigenvalue weighted by molar-refractivity contribution is 5.97. The van der Waals surface area contributed by atoms with Crippen LogP contribution in [0.25, 0.3) is 0 Å². The molecule has 0 N–H and O–H groups in total. The van der Waals surface area contributed by atoms with Crippen LogP contribution in [0.4, 0.5) is 0 Å². The third-order valence-electron chi connectivity index (χ3n) is 5.53. The van der Waals surface area contributed by atoms with Gasteiger partial charge >= 0.3 is 11.9 Å². The molecule has 7 heteroatoms. The van der Waals surface area contributed by atoms with Crippen molar-refractivity contribution in [1.29, 1.82) is 0 Å². The zero-order valence-corrected chi connectivity index (χ0v) is 17.2. The van der Waals surface area contributed by atoms with Crippen molar-refractivity contribution in [1.82, 2.24) is 4.90 Å². The number of esters is 2. The molecule has 2 aromatic rings. The van der Waals surface area contributed by atoms with Crippen molar-refractivity contribution < 1.29 is 28.6 Å². The molecule has 1 amide bonds. The number of rotatable bonds is 6. The average molecular weight is 411 g/mol. The third kappa shape index (κ3) is 4.30. The van der Waals surface area contributed by atoms with Gasteiger partial charge in [-0.2, -0.15) is 0 Å². The number of hydrogen-bond donors (Lipinski definition) is 0. The van der Waals surface area contributed by atoms with E-state index in [9.17, 15) is 14.4 Å². The maximum absolute atomic E-state index is 13.3. The first-order valence-electron chi connectivity index (χ1n) is 9.64. The van der Waals surface area contributed by atoms with Crippen LogP contribution in [-0.2, 0) is 19.1 Å². The molecule has 1 heterocycles. The van der Waals surface area contributed by atoms with Gasteiger partial charge < -0.3 is 19.1 Å². The first-order valence-corrected chi connectivity index (χ1v) is 9.64. The van der Waals surface area contributed by atoms with Gasteiger partial charge in [0, 0.05) is 23.9 Å². The van der Waals surface area contributed by atoms with Crippen LogP contribution >= 0.6 is 0 Å². The molecule has 0 saturated carbocycles. The van der Waals surface area contributed by atoms with E-state index in [1.807, 2.05) is 30.3 Å². The molecule has 30 heavy (non-hydrogen) atoms. The van der Waals surface area contributed by atoms with E-state index in [1.54, 1.807) is 31.4 Å². The Balaban J connectivity index is 2.05. The number of hydrogen-bond acceptors (Lipinski definition) is 6. The number of methoxy groups -OCH3 is 3. The highest BCUT2D eigenvalue weighted by Gasteiger charge is 2.49. The van der Waals surface area contributed by atoms with Gasteiger partial charge in [-0.25, -0.2) is 4.79 Å². The smallest absolute Gasteiger partial charge is 0.328 e. The molecule has 0 radical (unpaired) electrons. The largest absolute Gasteiger partial charge is 0.497 e. The molecular weight excluding hydrogens is 386 g/mol. The monoisotopic (exact) mass is 411 g/mol. The van der Waals surface area contributed by atoms with E-state index in [4.69, 9.17) is 14.2 Å². The number of carbonyl (C=O) groups excluding carboxylic acids is 3. The van der Waals surface area contributed by atoms with Crippen LogP contribution in [0.15, 0.2) is 54.6 Å². The van der Waals surface area contributed by atoms with Crippen molar-refractivity contribution in [3.63, 3.8) is 0 Å². The van der Waals surface area contributed by atoms with Gasteiger partial charge in [0.25, 0.3) is 5.91 Å². The standard InChI is InChI=1S/C23H25NO6/c1-28-17-11-7-10-16(12-17)19-14-24(22(26)15-8-5-4-6-9-15)21(23(27)30-3)18(19)13-20(25)29-2/h4-12,18-19,21H,13-14H2,1-3H3/t18-,19+,21-/m0/s1. The summed E-state index contributed by atoms with van der Waals surface area (Å²) in [7, 11) is 4.15. The normalized spacial score (nSPS) is 20.5. The number of likely N-dealkylation sites (tertiary alicyclic amines) is 1. The lowest BCUT2D eigenvalue weighted by Gasteiger charge is -2.26. The van der Waals surface area contributed by atoms with Gasteiger partial charge in [-0.3, -0.25) is 9.59 Å². The van der Waals surface area contributed by atoms with Crippen molar-refractivity contribution in [2.45, 2.75) is 18.4 Å². The molecule has 3 rings (SSSR count). The Morgan fingerprint density at radius 2 is 1.70 bits per heavy atom. The maximum atomic E-state index is 13.3. The summed E-state index contributed by atoms with van der Waals surface area (Å²) in [5.41, 5.74) is 1.34. The molecular formula is C23H25NO6. The molecule has 3 atom stereocenters. The Hall–Kier alpha value is -3.35. The Labute approximate surface area is 175 Å². The van der Waals surface area contributed by atoms with Crippen molar-refractivity contribution in [2.24, 2.45) is 5.92 Å². The average Bonchev–Trinajstić information content (AvgIpc) is 3.17. The summed E-state index contributed by atoms with van der Waals surface area (Å²) in [4.78, 5) is 39.7. The van der Waals surface area contributed by atoms with E-state index in [0.29, 0.717) is 11.3 Å². The van der Waals surface area contributed by atoms with Crippen LogP contribution in [0.3, 0.4) is 0 Å². The van der Waals surface area contributed by atoms with Crippen molar-refractivity contribution >= 4 is 17.8 Å². The van der Waals surface area contributed by atoms with Gasteiger partial charge in [0.05, 0.1) is 27.8 Å². The lowest BCUT2D eigenvalue weighted by atomic mass is 9.83. The molecule has 1 saturated heterocycles. The minimum absolute atomic E-state index is 0.0172. The predicted octanol–water partition coefficient (Wildman–Crippen LogP) is 2.66. The van der Waals surface area contributed by atoms with Crippen molar-refractivity contribution in [3.05, 3.63) is 65.7 Å². The molecule has 0 aliphatic carbocycles. The van der Waals surface area contributed by atoms with Gasteiger partial charge in [0.1, 0.15) is 11.8 Å². The first-order chi connectivity index (χ1) is 14.5. The summed E-state index contributed by atoms with van der Waals surface area (Å²) in [6.07, 6.45) is -0.0172. The number of nitrogens with zero attached hydrogens (tertiary/aromatic N) is 1. The topological polar surface area (TPSA) is 82.1 Å². The molecule has 158 valence electrons. The summed E-state index contributed by atoms with van der Waals surface area (Å²) in [5, 5.41) is 0. The highest BCUT2D eigenvalue weighted by Crippen LogP contribution is 2.41. The summed E-state index contributed by atoms with van der Waals surface area (Å²) >= 11 is 0. The lowest BCUT2D eigenvalue weighted by molar-refractivity contribution is -0.148. The fourth-order valence-electron chi connectivity index (χ4n) is 4.05. The van der Waals surface area contributed by atoms with Gasteiger partial charge in [0.2, 0.25) is 0 Å². The number of carbonyl (C=O) groups is 3. The quantitative estimate of drug-likeness (QED) is 0.680. The van der Waals surface area contributed by atoms with E-state index in [0.717, 1.165) is 5.56 Å². The second kappa shape index (κ2) is 9.43.